The molecule has 0 heterocycles. The summed E-state index contributed by atoms with van der Waals surface area (Å²) in [5, 5.41) is 3.78. The van der Waals surface area contributed by atoms with Gasteiger partial charge in [-0.25, -0.2) is 9.18 Å². The molecule has 0 fully saturated rings. The maximum atomic E-state index is 13.2. The van der Waals surface area contributed by atoms with Gasteiger partial charge in [-0.3, -0.25) is 0 Å². The number of rotatable bonds is 5. The van der Waals surface area contributed by atoms with Gasteiger partial charge in [-0.15, -0.1) is 0 Å². The highest BCUT2D eigenvalue weighted by atomic mass is 35.5. The van der Waals surface area contributed by atoms with Crippen LogP contribution in [0.2, 0.25) is 5.02 Å². The molecule has 3 nitrogen and oxygen atoms in total. The number of carbonyl (C=O) groups is 1. The first-order valence-corrected chi connectivity index (χ1v) is 7.59. The van der Waals surface area contributed by atoms with Crippen LogP contribution in [0.4, 0.5) is 4.39 Å². The minimum atomic E-state index is -0.425. The van der Waals surface area contributed by atoms with E-state index in [9.17, 15) is 9.18 Å². The zero-order valence-electron chi connectivity index (χ0n) is 13.3. The summed E-state index contributed by atoms with van der Waals surface area (Å²) in [5.74, 6) is -0.712. The number of benzene rings is 2. The van der Waals surface area contributed by atoms with Crippen molar-refractivity contribution in [3.05, 3.63) is 70.0 Å². The van der Waals surface area contributed by atoms with Crippen LogP contribution in [-0.4, -0.2) is 13.1 Å². The fourth-order valence-electron chi connectivity index (χ4n) is 2.29. The van der Waals surface area contributed by atoms with Gasteiger partial charge in [0.1, 0.15) is 5.82 Å². The summed E-state index contributed by atoms with van der Waals surface area (Å²) in [6.45, 7) is 4.55. The minimum Gasteiger partial charge on any atom is -0.465 e. The molecule has 0 atom stereocenters. The van der Waals surface area contributed by atoms with E-state index >= 15 is 0 Å². The second kappa shape index (κ2) is 7.11. The van der Waals surface area contributed by atoms with E-state index in [0.717, 1.165) is 11.1 Å². The first-order valence-electron chi connectivity index (χ1n) is 7.21. The average Bonchev–Trinajstić information content (AvgIpc) is 2.52. The van der Waals surface area contributed by atoms with E-state index < -0.39 is 5.54 Å². The molecular formula is C18H19ClFNO2. The Hall–Kier alpha value is -1.91. The van der Waals surface area contributed by atoms with Gasteiger partial charge in [0.05, 0.1) is 12.7 Å². The lowest BCUT2D eigenvalue weighted by Crippen LogP contribution is -2.36. The molecular weight excluding hydrogens is 317 g/mol. The van der Waals surface area contributed by atoms with Crippen LogP contribution in [0.25, 0.3) is 0 Å². The average molecular weight is 336 g/mol. The quantitative estimate of drug-likeness (QED) is 0.828. The van der Waals surface area contributed by atoms with Gasteiger partial charge in [-0.1, -0.05) is 29.8 Å². The minimum absolute atomic E-state index is 0.354. The molecule has 0 aliphatic carbocycles. The molecule has 0 spiro atoms. The van der Waals surface area contributed by atoms with Crippen LogP contribution >= 0.6 is 11.6 Å². The van der Waals surface area contributed by atoms with Crippen molar-refractivity contribution >= 4 is 17.6 Å². The van der Waals surface area contributed by atoms with Gasteiger partial charge in [0.2, 0.25) is 0 Å². The number of ether oxygens (including phenoxy) is 1. The highest BCUT2D eigenvalue weighted by Crippen LogP contribution is 2.28. The molecule has 2 aromatic carbocycles. The Morgan fingerprint density at radius 3 is 2.43 bits per heavy atom. The number of methoxy groups -OCH3 is 1. The van der Waals surface area contributed by atoms with Crippen molar-refractivity contribution in [3.63, 3.8) is 0 Å². The molecule has 0 aliphatic rings. The number of carbonyl (C=O) groups excluding carboxylic acids is 1. The first-order chi connectivity index (χ1) is 10.8. The lowest BCUT2D eigenvalue weighted by Gasteiger charge is -2.28. The second-order valence-corrected chi connectivity index (χ2v) is 6.20. The molecule has 2 aromatic rings. The number of hydrogen-bond donors (Lipinski definition) is 1. The molecule has 5 heteroatoms. The van der Waals surface area contributed by atoms with E-state index in [1.165, 1.54) is 19.2 Å². The Balaban J connectivity index is 2.08. The molecule has 0 saturated carbocycles. The predicted octanol–water partition coefficient (Wildman–Crippen LogP) is 4.29. The van der Waals surface area contributed by atoms with Crippen molar-refractivity contribution in [1.82, 2.24) is 5.32 Å². The Bertz CT molecular complexity index is 699. The molecule has 0 radical (unpaired) electrons. The third-order valence-corrected chi connectivity index (χ3v) is 4.03. The Morgan fingerprint density at radius 2 is 1.87 bits per heavy atom. The van der Waals surface area contributed by atoms with Gasteiger partial charge in [0.25, 0.3) is 0 Å². The highest BCUT2D eigenvalue weighted by Gasteiger charge is 2.22. The normalized spacial score (nSPS) is 11.3. The highest BCUT2D eigenvalue weighted by molar-refractivity contribution is 6.31. The van der Waals surface area contributed by atoms with E-state index in [-0.39, 0.29) is 11.8 Å². The van der Waals surface area contributed by atoms with Crippen LogP contribution in [0.5, 0.6) is 0 Å². The SMILES string of the molecule is COC(=O)c1ccc(CNC(C)(C)c2ccc(F)cc2Cl)cc1. The van der Waals surface area contributed by atoms with E-state index in [0.29, 0.717) is 17.1 Å². The molecule has 0 amide bonds. The van der Waals surface area contributed by atoms with Crippen LogP contribution in [0.3, 0.4) is 0 Å². The molecule has 0 unspecified atom stereocenters. The smallest absolute Gasteiger partial charge is 0.337 e. The van der Waals surface area contributed by atoms with Crippen molar-refractivity contribution < 1.29 is 13.9 Å². The Morgan fingerprint density at radius 1 is 1.22 bits per heavy atom. The molecule has 0 saturated heterocycles. The van der Waals surface area contributed by atoms with E-state index in [1.54, 1.807) is 18.2 Å². The van der Waals surface area contributed by atoms with Crippen LogP contribution in [0.15, 0.2) is 42.5 Å². The molecule has 0 bridgehead atoms. The third kappa shape index (κ3) is 4.30. The zero-order chi connectivity index (χ0) is 17.0. The van der Waals surface area contributed by atoms with Crippen molar-refractivity contribution in [2.75, 3.05) is 7.11 Å². The van der Waals surface area contributed by atoms with Crippen LogP contribution in [-0.2, 0) is 16.8 Å². The zero-order valence-corrected chi connectivity index (χ0v) is 14.1. The van der Waals surface area contributed by atoms with E-state index in [4.69, 9.17) is 11.6 Å². The van der Waals surface area contributed by atoms with Gasteiger partial charge in [-0.2, -0.15) is 0 Å². The third-order valence-electron chi connectivity index (χ3n) is 3.71. The fraction of sp³-hybridized carbons (Fsp3) is 0.278. The molecule has 1 N–H and O–H groups in total. The molecule has 0 aliphatic heterocycles. The summed E-state index contributed by atoms with van der Waals surface area (Å²) in [7, 11) is 1.35. The number of esters is 1. The first kappa shape index (κ1) is 17.4. The molecule has 2 rings (SSSR count). The van der Waals surface area contributed by atoms with Gasteiger partial charge >= 0.3 is 5.97 Å². The van der Waals surface area contributed by atoms with Crippen LogP contribution in [0.1, 0.15) is 35.3 Å². The Kier molecular flexibility index (Phi) is 5.39. The van der Waals surface area contributed by atoms with Crippen molar-refractivity contribution in [1.29, 1.82) is 0 Å². The molecule has 0 aromatic heterocycles. The van der Waals surface area contributed by atoms with Crippen LogP contribution < -0.4 is 5.32 Å². The van der Waals surface area contributed by atoms with Crippen molar-refractivity contribution in [3.8, 4) is 0 Å². The van der Waals surface area contributed by atoms with Gasteiger partial charge in [0, 0.05) is 17.1 Å². The summed E-state index contributed by atoms with van der Waals surface area (Å²) in [4.78, 5) is 11.4. The number of nitrogens with one attached hydrogen (secondary N) is 1. The van der Waals surface area contributed by atoms with Crippen LogP contribution in [0, 0.1) is 5.82 Å². The molecule has 23 heavy (non-hydrogen) atoms. The van der Waals surface area contributed by atoms with Crippen molar-refractivity contribution in [2.45, 2.75) is 25.9 Å². The topological polar surface area (TPSA) is 38.3 Å². The van der Waals surface area contributed by atoms with Gasteiger partial charge < -0.3 is 10.1 Å². The standard InChI is InChI=1S/C18H19ClFNO2/c1-18(2,15-9-8-14(20)10-16(15)19)21-11-12-4-6-13(7-5-12)17(22)23-3/h4-10,21H,11H2,1-3H3. The van der Waals surface area contributed by atoms with E-state index in [2.05, 4.69) is 10.1 Å². The molecule has 122 valence electrons. The van der Waals surface area contributed by atoms with Gasteiger partial charge in [0.15, 0.2) is 0 Å². The fourth-order valence-corrected chi connectivity index (χ4v) is 2.69. The van der Waals surface area contributed by atoms with Crippen molar-refractivity contribution in [2.24, 2.45) is 0 Å². The Labute approximate surface area is 140 Å². The largest absolute Gasteiger partial charge is 0.465 e. The van der Waals surface area contributed by atoms with E-state index in [1.807, 2.05) is 26.0 Å². The summed E-state index contributed by atoms with van der Waals surface area (Å²) in [6.07, 6.45) is 0. The summed E-state index contributed by atoms with van der Waals surface area (Å²) >= 11 is 6.14. The van der Waals surface area contributed by atoms with Gasteiger partial charge in [-0.05, 0) is 49.2 Å². The predicted molar refractivity (Wildman–Crippen MR) is 89.1 cm³/mol. The number of halogens is 2. The summed E-state index contributed by atoms with van der Waals surface area (Å²) in [5.41, 5.74) is 1.93. The lowest BCUT2D eigenvalue weighted by atomic mass is 9.93. The lowest BCUT2D eigenvalue weighted by molar-refractivity contribution is 0.0600. The maximum absolute atomic E-state index is 13.2. The second-order valence-electron chi connectivity index (χ2n) is 5.79. The summed E-state index contributed by atoms with van der Waals surface area (Å²) in [6, 6.07) is 11.6. The summed E-state index contributed by atoms with van der Waals surface area (Å²) < 4.78 is 17.8. The monoisotopic (exact) mass is 335 g/mol. The number of hydrogen-bond acceptors (Lipinski definition) is 3. The maximum Gasteiger partial charge on any atom is 0.337 e.